The van der Waals surface area contributed by atoms with Crippen molar-refractivity contribution in [2.75, 3.05) is 24.2 Å². The van der Waals surface area contributed by atoms with E-state index in [0.29, 0.717) is 18.1 Å². The number of nitrogens with one attached hydrogen (secondary N) is 4. The van der Waals surface area contributed by atoms with Crippen LogP contribution >= 0.6 is 12.2 Å². The number of likely N-dealkylation sites (tertiary alicyclic amines) is 1. The van der Waals surface area contributed by atoms with Crippen molar-refractivity contribution >= 4 is 52.5 Å². The predicted molar refractivity (Wildman–Crippen MR) is 178 cm³/mol. The molecule has 11 nitrogen and oxygen atoms in total. The molecule has 3 rings (SSSR count). The Hall–Kier alpha value is -4.29. The fourth-order valence-electron chi connectivity index (χ4n) is 5.10. The van der Waals surface area contributed by atoms with Crippen LogP contribution in [-0.2, 0) is 19.2 Å². The van der Waals surface area contributed by atoms with Crippen LogP contribution in [0, 0.1) is 5.41 Å². The van der Waals surface area contributed by atoms with Crippen molar-refractivity contribution in [3.8, 4) is 0 Å². The maximum absolute atomic E-state index is 13.1. The molecule has 4 unspecified atom stereocenters. The molecule has 1 fully saturated rings. The van der Waals surface area contributed by atoms with Crippen LogP contribution < -0.4 is 21.3 Å². The number of rotatable bonds is 13. The Labute approximate surface area is 269 Å². The van der Waals surface area contributed by atoms with Gasteiger partial charge in [0.05, 0.1) is 6.04 Å². The van der Waals surface area contributed by atoms with Gasteiger partial charge in [-0.15, -0.1) is 0 Å². The minimum Gasteiger partial charge on any atom is -0.480 e. The Kier molecular flexibility index (Phi) is 12.6. The number of thiocarbonyl (C=S) groups is 1. The van der Waals surface area contributed by atoms with E-state index in [0.717, 1.165) is 16.9 Å². The van der Waals surface area contributed by atoms with Crippen molar-refractivity contribution in [3.05, 3.63) is 72.3 Å². The summed E-state index contributed by atoms with van der Waals surface area (Å²) in [5, 5.41) is 31.1. The third-order valence-electron chi connectivity index (χ3n) is 7.37. The summed E-state index contributed by atoms with van der Waals surface area (Å²) in [6.07, 6.45) is 3.69. The van der Waals surface area contributed by atoms with Gasteiger partial charge in [-0.05, 0) is 79.7 Å². The Balaban J connectivity index is 1.51. The third kappa shape index (κ3) is 11.6. The third-order valence-corrected chi connectivity index (χ3v) is 7.58. The van der Waals surface area contributed by atoms with Gasteiger partial charge in [-0.1, -0.05) is 63.3 Å². The second-order valence-electron chi connectivity index (χ2n) is 12.5. The van der Waals surface area contributed by atoms with Crippen LogP contribution in [0.2, 0.25) is 0 Å². The van der Waals surface area contributed by atoms with E-state index in [1.54, 1.807) is 0 Å². The van der Waals surface area contributed by atoms with E-state index in [1.165, 1.54) is 12.2 Å². The van der Waals surface area contributed by atoms with Crippen molar-refractivity contribution in [2.24, 2.45) is 5.41 Å². The molecule has 12 heteroatoms. The highest BCUT2D eigenvalue weighted by Crippen LogP contribution is 2.31. The molecular weight excluding hydrogens is 594 g/mol. The van der Waals surface area contributed by atoms with Crippen LogP contribution in [0.1, 0.15) is 57.9 Å². The first-order valence-electron chi connectivity index (χ1n) is 14.9. The molecule has 0 bridgehead atoms. The van der Waals surface area contributed by atoms with E-state index < -0.39 is 30.1 Å². The molecular formula is C33H43N5O6S. The number of hydrogen-bond donors (Lipinski definition) is 6. The first kappa shape index (κ1) is 35.2. The molecule has 0 aliphatic carbocycles. The van der Waals surface area contributed by atoms with E-state index in [1.807, 2.05) is 87.3 Å². The number of likely N-dealkylation sites (N-methyl/N-ethyl adjacent to an activating group) is 1. The van der Waals surface area contributed by atoms with Crippen LogP contribution in [0.3, 0.4) is 0 Å². The molecule has 4 atom stereocenters. The Morgan fingerprint density at radius 3 is 1.96 bits per heavy atom. The van der Waals surface area contributed by atoms with Crippen LogP contribution in [0.15, 0.2) is 66.7 Å². The van der Waals surface area contributed by atoms with Crippen molar-refractivity contribution < 1.29 is 29.4 Å². The molecule has 1 saturated heterocycles. The maximum atomic E-state index is 13.1. The molecule has 2 aromatic rings. The molecule has 2 amide bonds. The minimum atomic E-state index is -1.19. The first-order valence-corrected chi connectivity index (χ1v) is 15.3. The number of anilines is 2. The average molecular weight is 638 g/mol. The molecule has 1 aliphatic rings. The smallest absolute Gasteiger partial charge is 0.326 e. The summed E-state index contributed by atoms with van der Waals surface area (Å²) in [5.74, 6) is -3.04. The SMILES string of the molecule is CN1CC(c2ccc(NC(=S)Nc3ccccc3)cc2)CC1C(=O)NC(C/C=C/CC(NC(=O)CC(C)(C)C)C(=O)O)C(=O)O. The van der Waals surface area contributed by atoms with Gasteiger partial charge in [-0.3, -0.25) is 14.5 Å². The highest BCUT2D eigenvalue weighted by Gasteiger charge is 2.36. The Morgan fingerprint density at radius 2 is 1.42 bits per heavy atom. The van der Waals surface area contributed by atoms with Gasteiger partial charge in [0.15, 0.2) is 5.11 Å². The normalized spacial score (nSPS) is 18.1. The number of carboxylic acid groups (broad SMARTS) is 2. The van der Waals surface area contributed by atoms with Crippen molar-refractivity contribution in [1.29, 1.82) is 0 Å². The van der Waals surface area contributed by atoms with Crippen LogP contribution in [0.25, 0.3) is 0 Å². The number of nitrogens with zero attached hydrogens (tertiary/aromatic N) is 1. The van der Waals surface area contributed by atoms with E-state index >= 15 is 0 Å². The van der Waals surface area contributed by atoms with Gasteiger partial charge < -0.3 is 31.5 Å². The molecule has 242 valence electrons. The fraction of sp³-hybridized carbons (Fsp3) is 0.424. The summed E-state index contributed by atoms with van der Waals surface area (Å²) in [4.78, 5) is 50.7. The van der Waals surface area contributed by atoms with E-state index in [2.05, 4.69) is 21.3 Å². The molecule has 0 saturated carbocycles. The molecule has 1 aliphatic heterocycles. The molecule has 6 N–H and O–H groups in total. The van der Waals surface area contributed by atoms with Gasteiger partial charge in [0.1, 0.15) is 12.1 Å². The summed E-state index contributed by atoms with van der Waals surface area (Å²) >= 11 is 5.40. The maximum Gasteiger partial charge on any atom is 0.326 e. The van der Waals surface area contributed by atoms with Gasteiger partial charge in [0, 0.05) is 24.3 Å². The second kappa shape index (κ2) is 16.1. The van der Waals surface area contributed by atoms with Gasteiger partial charge >= 0.3 is 11.9 Å². The van der Waals surface area contributed by atoms with Crippen LogP contribution in [0.5, 0.6) is 0 Å². The van der Waals surface area contributed by atoms with E-state index in [9.17, 15) is 29.4 Å². The number of hydrogen-bond acceptors (Lipinski definition) is 6. The lowest BCUT2D eigenvalue weighted by Crippen LogP contribution is -2.48. The highest BCUT2D eigenvalue weighted by atomic mass is 32.1. The molecule has 0 aromatic heterocycles. The number of para-hydroxylation sites is 1. The fourth-order valence-corrected chi connectivity index (χ4v) is 5.34. The summed E-state index contributed by atoms with van der Waals surface area (Å²) in [6.45, 7) is 6.27. The number of benzene rings is 2. The molecule has 45 heavy (non-hydrogen) atoms. The first-order chi connectivity index (χ1) is 21.2. The zero-order valence-corrected chi connectivity index (χ0v) is 26.9. The number of carbonyl (C=O) groups excluding carboxylic acids is 2. The lowest BCUT2D eigenvalue weighted by molar-refractivity contribution is -0.142. The van der Waals surface area contributed by atoms with Crippen LogP contribution in [-0.4, -0.2) is 75.7 Å². The van der Waals surface area contributed by atoms with Gasteiger partial charge in [0.25, 0.3) is 0 Å². The monoisotopic (exact) mass is 637 g/mol. The van der Waals surface area contributed by atoms with E-state index in [-0.39, 0.29) is 42.4 Å². The minimum absolute atomic E-state index is 0.0117. The number of carbonyl (C=O) groups is 4. The lowest BCUT2D eigenvalue weighted by Gasteiger charge is -2.21. The zero-order chi connectivity index (χ0) is 33.1. The van der Waals surface area contributed by atoms with Crippen LogP contribution in [0.4, 0.5) is 11.4 Å². The average Bonchev–Trinajstić information content (AvgIpc) is 3.35. The van der Waals surface area contributed by atoms with Crippen molar-refractivity contribution in [3.63, 3.8) is 0 Å². The topological polar surface area (TPSA) is 160 Å². The zero-order valence-electron chi connectivity index (χ0n) is 26.1. The van der Waals surface area contributed by atoms with Crippen molar-refractivity contribution in [2.45, 2.75) is 70.5 Å². The number of aliphatic carboxylic acids is 2. The number of carboxylic acids is 2. The predicted octanol–water partition coefficient (Wildman–Crippen LogP) is 4.19. The Morgan fingerprint density at radius 1 is 0.889 bits per heavy atom. The lowest BCUT2D eigenvalue weighted by atomic mass is 9.92. The highest BCUT2D eigenvalue weighted by molar-refractivity contribution is 7.80. The standard InChI is InChI=1S/C33H43N5O6S/c1-33(2,3)19-28(39)36-25(30(41)42)12-8-9-13-26(31(43)44)37-29(40)27-18-22(20-38(27)4)21-14-16-24(17-15-21)35-32(45)34-23-10-6-5-7-11-23/h5-11,14-17,22,25-27H,12-13,18-20H2,1-4H3,(H,36,39)(H,37,40)(H,41,42)(H,43,44)(H2,34,35,45)/b9-8+. The van der Waals surface area contributed by atoms with Gasteiger partial charge in [0.2, 0.25) is 11.8 Å². The molecule has 1 heterocycles. The summed E-state index contributed by atoms with van der Waals surface area (Å²) in [7, 11) is 1.84. The summed E-state index contributed by atoms with van der Waals surface area (Å²) in [6, 6.07) is 14.6. The van der Waals surface area contributed by atoms with E-state index in [4.69, 9.17) is 12.2 Å². The van der Waals surface area contributed by atoms with Crippen molar-refractivity contribution in [1.82, 2.24) is 15.5 Å². The summed E-state index contributed by atoms with van der Waals surface area (Å²) in [5.41, 5.74) is 2.48. The van der Waals surface area contributed by atoms with Gasteiger partial charge in [-0.25, -0.2) is 9.59 Å². The molecule has 2 aromatic carbocycles. The molecule has 0 radical (unpaired) electrons. The quantitative estimate of drug-likeness (QED) is 0.139. The van der Waals surface area contributed by atoms with Gasteiger partial charge in [-0.2, -0.15) is 0 Å². The molecule has 0 spiro atoms. The second-order valence-corrected chi connectivity index (χ2v) is 12.9. The Bertz CT molecular complexity index is 1380. The largest absolute Gasteiger partial charge is 0.480 e. The summed E-state index contributed by atoms with van der Waals surface area (Å²) < 4.78 is 0. The number of amides is 2.